The molecule has 1 unspecified atom stereocenters. The van der Waals surface area contributed by atoms with Crippen LogP contribution in [-0.2, 0) is 20.7 Å². The Labute approximate surface area is 190 Å². The van der Waals surface area contributed by atoms with Crippen LogP contribution in [0.3, 0.4) is 0 Å². The summed E-state index contributed by atoms with van der Waals surface area (Å²) in [6, 6.07) is 4.78. The Morgan fingerprint density at radius 1 is 1.24 bits per heavy atom. The van der Waals surface area contributed by atoms with Gasteiger partial charge in [-0.15, -0.1) is 0 Å². The number of benzene rings is 1. The van der Waals surface area contributed by atoms with Gasteiger partial charge in [0.05, 0.1) is 25.2 Å². The quantitative estimate of drug-likeness (QED) is 0.583. The standard InChI is InChI=1S/C23H28F2N4O4/c1-23(4-5-32-13-23)27-22(31)33-12-14-2-3-16(6-14)19-11-20(29-28-19)26-21(30)9-15-7-17(24)10-18(25)8-15/h7-8,10-11,14,16H,2-6,9,12-13H2,1H3,(H,27,31)(H2,26,28,29,30)/t14-,16+,23?/m1/s1. The van der Waals surface area contributed by atoms with E-state index >= 15 is 0 Å². The number of amides is 2. The summed E-state index contributed by atoms with van der Waals surface area (Å²) in [4.78, 5) is 24.3. The molecular formula is C23H28F2N4O4. The molecule has 0 radical (unpaired) electrons. The maximum absolute atomic E-state index is 13.3. The van der Waals surface area contributed by atoms with Gasteiger partial charge >= 0.3 is 6.09 Å². The zero-order valence-electron chi connectivity index (χ0n) is 18.5. The van der Waals surface area contributed by atoms with Gasteiger partial charge in [-0.05, 0) is 56.2 Å². The zero-order chi connectivity index (χ0) is 23.4. The van der Waals surface area contributed by atoms with Crippen molar-refractivity contribution in [1.82, 2.24) is 15.5 Å². The lowest BCUT2D eigenvalue weighted by molar-refractivity contribution is -0.115. The lowest BCUT2D eigenvalue weighted by atomic mass is 10.0. The van der Waals surface area contributed by atoms with E-state index in [2.05, 4.69) is 20.8 Å². The van der Waals surface area contributed by atoms with E-state index < -0.39 is 23.6 Å². The number of H-pyrrole nitrogens is 1. The largest absolute Gasteiger partial charge is 0.449 e. The Bertz CT molecular complexity index is 986. The third kappa shape index (κ3) is 6.28. The highest BCUT2D eigenvalue weighted by atomic mass is 19.1. The zero-order valence-corrected chi connectivity index (χ0v) is 18.5. The summed E-state index contributed by atoms with van der Waals surface area (Å²) >= 11 is 0. The van der Waals surface area contributed by atoms with Crippen LogP contribution < -0.4 is 10.6 Å². The molecule has 2 fully saturated rings. The van der Waals surface area contributed by atoms with Crippen LogP contribution in [0.4, 0.5) is 19.4 Å². The van der Waals surface area contributed by atoms with Crippen molar-refractivity contribution >= 4 is 17.8 Å². The van der Waals surface area contributed by atoms with Crippen molar-refractivity contribution in [3.63, 3.8) is 0 Å². The molecule has 1 aliphatic carbocycles. The molecule has 0 spiro atoms. The number of alkyl carbamates (subject to hydrolysis) is 1. The first kappa shape index (κ1) is 23.2. The molecule has 178 valence electrons. The fraction of sp³-hybridized carbons (Fsp3) is 0.522. The average molecular weight is 462 g/mol. The Balaban J connectivity index is 1.22. The number of nitrogens with zero attached hydrogens (tertiary/aromatic N) is 1. The predicted octanol–water partition coefficient (Wildman–Crippen LogP) is 3.66. The lowest BCUT2D eigenvalue weighted by Gasteiger charge is -2.23. The van der Waals surface area contributed by atoms with Crippen molar-refractivity contribution in [2.24, 2.45) is 5.92 Å². The Kier molecular flexibility index (Phi) is 6.92. The second kappa shape index (κ2) is 9.86. The van der Waals surface area contributed by atoms with Gasteiger partial charge in [0.2, 0.25) is 5.91 Å². The second-order valence-corrected chi connectivity index (χ2v) is 9.17. The van der Waals surface area contributed by atoms with Gasteiger partial charge in [0.15, 0.2) is 5.82 Å². The van der Waals surface area contributed by atoms with Crippen LogP contribution in [0.15, 0.2) is 24.3 Å². The summed E-state index contributed by atoms with van der Waals surface area (Å²) in [6.45, 7) is 3.42. The number of carbonyl (C=O) groups excluding carboxylic acids is 2. The highest BCUT2D eigenvalue weighted by molar-refractivity contribution is 5.91. The summed E-state index contributed by atoms with van der Waals surface area (Å²) in [6.07, 6.45) is 2.87. The average Bonchev–Trinajstić information content (AvgIpc) is 3.46. The van der Waals surface area contributed by atoms with Crippen LogP contribution >= 0.6 is 0 Å². The first-order valence-electron chi connectivity index (χ1n) is 11.1. The minimum absolute atomic E-state index is 0.160. The number of rotatable bonds is 7. The molecule has 4 rings (SSSR count). The maximum atomic E-state index is 13.3. The SMILES string of the molecule is CC1(NC(=O)OC[C@@H]2CC[C@H](c3cc(NC(=O)Cc4cc(F)cc(F)c4)n[nH]3)C2)CCOC1. The summed E-state index contributed by atoms with van der Waals surface area (Å²) in [5.74, 6) is -1.03. The highest BCUT2D eigenvalue weighted by Gasteiger charge is 2.33. The van der Waals surface area contributed by atoms with Gasteiger partial charge in [-0.25, -0.2) is 13.6 Å². The fourth-order valence-corrected chi connectivity index (χ4v) is 4.45. The van der Waals surface area contributed by atoms with E-state index in [0.717, 1.165) is 49.6 Å². The van der Waals surface area contributed by atoms with Crippen LogP contribution in [0.5, 0.6) is 0 Å². The lowest BCUT2D eigenvalue weighted by Crippen LogP contribution is -2.46. The van der Waals surface area contributed by atoms with Crippen molar-refractivity contribution < 1.29 is 27.8 Å². The summed E-state index contributed by atoms with van der Waals surface area (Å²) in [5.41, 5.74) is 0.775. The van der Waals surface area contributed by atoms with E-state index in [4.69, 9.17) is 9.47 Å². The molecule has 1 aliphatic heterocycles. The molecule has 2 amide bonds. The maximum Gasteiger partial charge on any atom is 0.407 e. The third-order valence-electron chi connectivity index (χ3n) is 6.21. The molecule has 2 heterocycles. The number of aromatic nitrogens is 2. The fourth-order valence-electron chi connectivity index (χ4n) is 4.45. The van der Waals surface area contributed by atoms with Gasteiger partial charge in [0.25, 0.3) is 0 Å². The number of halogens is 2. The van der Waals surface area contributed by atoms with E-state index in [9.17, 15) is 18.4 Å². The monoisotopic (exact) mass is 462 g/mol. The van der Waals surface area contributed by atoms with Crippen molar-refractivity contribution in [3.8, 4) is 0 Å². The Morgan fingerprint density at radius 3 is 2.76 bits per heavy atom. The highest BCUT2D eigenvalue weighted by Crippen LogP contribution is 2.38. The number of carbonyl (C=O) groups is 2. The number of hydrogen-bond donors (Lipinski definition) is 3. The Hall–Kier alpha value is -3.01. The molecule has 1 saturated heterocycles. The molecule has 1 saturated carbocycles. The number of hydrogen-bond acceptors (Lipinski definition) is 5. The van der Waals surface area contributed by atoms with Crippen molar-refractivity contribution in [3.05, 3.63) is 47.2 Å². The molecule has 2 aliphatic rings. The minimum Gasteiger partial charge on any atom is -0.449 e. The summed E-state index contributed by atoms with van der Waals surface area (Å²) in [5, 5.41) is 12.6. The van der Waals surface area contributed by atoms with Crippen molar-refractivity contribution in [2.45, 2.75) is 50.5 Å². The van der Waals surface area contributed by atoms with Crippen LogP contribution in [-0.4, -0.2) is 47.6 Å². The van der Waals surface area contributed by atoms with Crippen molar-refractivity contribution in [2.75, 3.05) is 25.1 Å². The Morgan fingerprint density at radius 2 is 2.03 bits per heavy atom. The topological polar surface area (TPSA) is 105 Å². The number of ether oxygens (including phenoxy) is 2. The van der Waals surface area contributed by atoms with Crippen LogP contribution in [0.1, 0.15) is 49.8 Å². The molecule has 3 atom stereocenters. The van der Waals surface area contributed by atoms with E-state index in [1.807, 2.05) is 6.92 Å². The van der Waals surface area contributed by atoms with E-state index in [1.54, 1.807) is 6.07 Å². The van der Waals surface area contributed by atoms with Gasteiger partial charge in [-0.1, -0.05) is 0 Å². The molecule has 33 heavy (non-hydrogen) atoms. The second-order valence-electron chi connectivity index (χ2n) is 9.17. The normalized spacial score (nSPS) is 24.6. The van der Waals surface area contributed by atoms with Crippen LogP contribution in [0, 0.1) is 17.6 Å². The molecule has 3 N–H and O–H groups in total. The molecular weight excluding hydrogens is 434 g/mol. The molecule has 1 aromatic carbocycles. The third-order valence-corrected chi connectivity index (χ3v) is 6.21. The molecule has 10 heteroatoms. The smallest absolute Gasteiger partial charge is 0.407 e. The first-order chi connectivity index (χ1) is 15.8. The molecule has 0 bridgehead atoms. The van der Waals surface area contributed by atoms with E-state index in [0.29, 0.717) is 25.6 Å². The van der Waals surface area contributed by atoms with Crippen LogP contribution in [0.2, 0.25) is 0 Å². The summed E-state index contributed by atoms with van der Waals surface area (Å²) < 4.78 is 37.3. The van der Waals surface area contributed by atoms with Gasteiger partial charge < -0.3 is 20.1 Å². The van der Waals surface area contributed by atoms with Gasteiger partial charge in [0.1, 0.15) is 11.6 Å². The molecule has 8 nitrogen and oxygen atoms in total. The summed E-state index contributed by atoms with van der Waals surface area (Å²) in [7, 11) is 0. The van der Waals surface area contributed by atoms with Gasteiger partial charge in [0, 0.05) is 30.4 Å². The number of anilines is 1. The predicted molar refractivity (Wildman–Crippen MR) is 116 cm³/mol. The van der Waals surface area contributed by atoms with E-state index in [1.165, 1.54) is 0 Å². The van der Waals surface area contributed by atoms with Crippen LogP contribution in [0.25, 0.3) is 0 Å². The molecule has 2 aromatic rings. The van der Waals surface area contributed by atoms with Crippen molar-refractivity contribution in [1.29, 1.82) is 0 Å². The molecule has 1 aromatic heterocycles. The number of aromatic amines is 1. The van der Waals surface area contributed by atoms with Gasteiger partial charge in [-0.3, -0.25) is 9.89 Å². The van der Waals surface area contributed by atoms with E-state index in [-0.39, 0.29) is 29.4 Å². The van der Waals surface area contributed by atoms with Gasteiger partial charge in [-0.2, -0.15) is 5.10 Å². The minimum atomic E-state index is -0.723. The number of nitrogens with one attached hydrogen (secondary N) is 3. The first-order valence-corrected chi connectivity index (χ1v) is 11.1.